The van der Waals surface area contributed by atoms with Gasteiger partial charge in [0.1, 0.15) is 18.6 Å². The molecule has 0 aromatic rings. The van der Waals surface area contributed by atoms with Crippen LogP contribution in [-0.2, 0) is 23.7 Å². The Morgan fingerprint density at radius 2 is 1.83 bits per heavy atom. The maximum atomic E-state index is 12.2. The van der Waals surface area contributed by atoms with E-state index in [-0.39, 0.29) is 43.3 Å². The molecule has 3 atom stereocenters. The van der Waals surface area contributed by atoms with E-state index < -0.39 is 50.1 Å². The summed E-state index contributed by atoms with van der Waals surface area (Å²) in [6.45, 7) is -0.480. The predicted molar refractivity (Wildman–Crippen MR) is 111 cm³/mol. The number of amides is 2. The van der Waals surface area contributed by atoms with Gasteiger partial charge in [0.25, 0.3) is 0 Å². The van der Waals surface area contributed by atoms with E-state index in [1.165, 1.54) is 0 Å². The molecule has 13 nitrogen and oxygen atoms in total. The molecule has 0 radical (unpaired) electrons. The van der Waals surface area contributed by atoms with Gasteiger partial charge in [0, 0.05) is 36.9 Å². The molecule has 16 heteroatoms. The second-order valence-corrected chi connectivity index (χ2v) is 9.29. The van der Waals surface area contributed by atoms with Crippen LogP contribution in [0.2, 0.25) is 0 Å². The van der Waals surface area contributed by atoms with Crippen molar-refractivity contribution >= 4 is 54.8 Å². The number of thioether (sulfide) groups is 1. The molecule has 174 valence electrons. The summed E-state index contributed by atoms with van der Waals surface area (Å²) in [5.41, 5.74) is 10.5. The number of hydrogen-bond donors (Lipinski definition) is 7. The van der Waals surface area contributed by atoms with Gasteiger partial charge in [0.05, 0.1) is 0 Å². The number of rotatable bonds is 16. The van der Waals surface area contributed by atoms with Crippen molar-refractivity contribution in [3.05, 3.63) is 0 Å². The summed E-state index contributed by atoms with van der Waals surface area (Å²) in [7, 11) is -3.98. The highest BCUT2D eigenvalue weighted by Crippen LogP contribution is 2.35. The van der Waals surface area contributed by atoms with E-state index in [9.17, 15) is 28.6 Å². The van der Waals surface area contributed by atoms with Gasteiger partial charge < -0.3 is 31.5 Å². The molecular weight excluding hydrogens is 465 g/mol. The quantitative estimate of drug-likeness (QED) is 0.0720. The minimum Gasteiger partial charge on any atom is -0.480 e. The molecule has 0 saturated heterocycles. The van der Waals surface area contributed by atoms with Crippen molar-refractivity contribution in [3.8, 4) is 0 Å². The molecule has 0 aliphatic rings. The summed E-state index contributed by atoms with van der Waals surface area (Å²) >= 11 is 6.72. The first kappa shape index (κ1) is 28.6. The van der Waals surface area contributed by atoms with Crippen LogP contribution >= 0.6 is 31.0 Å². The number of nitrogens with two attached hydrogens (primary N) is 2. The molecule has 0 aliphatic heterocycles. The van der Waals surface area contributed by atoms with Gasteiger partial charge in [-0.05, 0) is 6.42 Å². The summed E-state index contributed by atoms with van der Waals surface area (Å²) in [6.07, 6.45) is -0.390. The first-order chi connectivity index (χ1) is 13.9. The van der Waals surface area contributed by atoms with Crippen molar-refractivity contribution in [1.82, 2.24) is 15.3 Å². The van der Waals surface area contributed by atoms with Crippen LogP contribution in [0.15, 0.2) is 0 Å². The van der Waals surface area contributed by atoms with E-state index >= 15 is 0 Å². The molecule has 0 aromatic heterocycles. The predicted octanol–water partition coefficient (Wildman–Crippen LogP) is -1.80. The maximum absolute atomic E-state index is 12.2. The molecule has 0 aromatic carbocycles. The molecule has 0 saturated carbocycles. The maximum Gasteiger partial charge on any atom is 0.338 e. The molecule has 0 fully saturated rings. The van der Waals surface area contributed by atoms with Gasteiger partial charge in [-0.25, -0.2) is 10.2 Å². The summed E-state index contributed by atoms with van der Waals surface area (Å²) in [6, 6.07) is -2.34. The van der Waals surface area contributed by atoms with Crippen LogP contribution in [0.4, 0.5) is 0 Å². The normalized spacial score (nSPS) is 15.1. The Morgan fingerprint density at radius 3 is 2.33 bits per heavy atom. The van der Waals surface area contributed by atoms with E-state index in [1.807, 2.05) is 0 Å². The van der Waals surface area contributed by atoms with Gasteiger partial charge in [-0.2, -0.15) is 11.8 Å². The molecule has 9 N–H and O–H groups in total. The zero-order valence-electron chi connectivity index (χ0n) is 16.0. The zero-order valence-corrected chi connectivity index (χ0v) is 18.5. The Balaban J connectivity index is 4.78. The third-order valence-corrected chi connectivity index (χ3v) is 6.01. The molecule has 0 bridgehead atoms. The fourth-order valence-corrected chi connectivity index (χ4v) is 4.23. The van der Waals surface area contributed by atoms with Crippen LogP contribution in [0.5, 0.6) is 0 Å². The molecule has 1 unspecified atom stereocenters. The Bertz CT molecular complexity index is 652. The van der Waals surface area contributed by atoms with Crippen LogP contribution in [0.1, 0.15) is 12.8 Å². The molecule has 0 heterocycles. The number of carbonyl (C=O) groups is 4. The molecule has 0 rings (SSSR count). The van der Waals surface area contributed by atoms with E-state index in [2.05, 4.69) is 10.6 Å². The van der Waals surface area contributed by atoms with E-state index in [0.717, 1.165) is 16.4 Å². The standard InChI is InChI=1S/C14H27ClN5O8PS/c15-3-4-20(29(17,27)28)5-6-30-8-10(13(24)18-7-12(22)23)19-11(21)2-1-9(16)14(25)26/h9-10H,1-8,16H2,(H,18,24)(H,19,21)(H,22,23)(H,25,26)(H3,17,27,28)/t9-,10-/m0/s1. The average Bonchev–Trinajstić information content (AvgIpc) is 2.64. The fraction of sp³-hybridized carbons (Fsp3) is 0.714. The Hall–Kier alpha value is -1.41. The number of alkyl halides is 1. The SMILES string of the molecule is N[C@@H](CCC(=O)N[C@@H](CSCCN(CCCl)P(N)(=O)O)C(=O)NCC(=O)O)C(=O)O. The van der Waals surface area contributed by atoms with Gasteiger partial charge in [-0.15, -0.1) is 11.6 Å². The van der Waals surface area contributed by atoms with Crippen molar-refractivity contribution in [2.24, 2.45) is 11.2 Å². The van der Waals surface area contributed by atoms with Gasteiger partial charge in [0.15, 0.2) is 0 Å². The van der Waals surface area contributed by atoms with Crippen LogP contribution in [0, 0.1) is 0 Å². The van der Waals surface area contributed by atoms with Crippen molar-refractivity contribution in [1.29, 1.82) is 0 Å². The van der Waals surface area contributed by atoms with E-state index in [0.29, 0.717) is 0 Å². The van der Waals surface area contributed by atoms with E-state index in [4.69, 9.17) is 33.1 Å². The molecule has 2 amide bonds. The minimum atomic E-state index is -3.98. The second kappa shape index (κ2) is 14.6. The monoisotopic (exact) mass is 491 g/mol. The number of carbonyl (C=O) groups excluding carboxylic acids is 2. The summed E-state index contributed by atoms with van der Waals surface area (Å²) in [5.74, 6) is -3.54. The summed E-state index contributed by atoms with van der Waals surface area (Å²) in [4.78, 5) is 54.9. The smallest absolute Gasteiger partial charge is 0.338 e. The number of carboxylic acid groups (broad SMARTS) is 2. The molecular formula is C14H27ClN5O8PS. The highest BCUT2D eigenvalue weighted by atomic mass is 35.5. The lowest BCUT2D eigenvalue weighted by molar-refractivity contribution is -0.139. The Labute approximate surface area is 182 Å². The third-order valence-electron chi connectivity index (χ3n) is 3.59. The molecule has 30 heavy (non-hydrogen) atoms. The van der Waals surface area contributed by atoms with E-state index in [1.54, 1.807) is 0 Å². The van der Waals surface area contributed by atoms with Gasteiger partial charge in [0.2, 0.25) is 11.8 Å². The Kier molecular flexibility index (Phi) is 13.9. The number of halogens is 1. The molecule has 0 spiro atoms. The Morgan fingerprint density at radius 1 is 1.20 bits per heavy atom. The van der Waals surface area contributed by atoms with Gasteiger partial charge in [-0.3, -0.25) is 23.7 Å². The van der Waals surface area contributed by atoms with Crippen molar-refractivity contribution in [2.75, 3.05) is 37.0 Å². The topological polar surface area (TPSA) is 225 Å². The number of nitrogens with one attached hydrogen (secondary N) is 2. The van der Waals surface area contributed by atoms with Crippen LogP contribution in [0.3, 0.4) is 0 Å². The lowest BCUT2D eigenvalue weighted by atomic mass is 10.1. The number of nitrogens with zero attached hydrogens (tertiary/aromatic N) is 1. The van der Waals surface area contributed by atoms with Crippen LogP contribution in [0.25, 0.3) is 0 Å². The van der Waals surface area contributed by atoms with Crippen LogP contribution < -0.4 is 21.9 Å². The number of aliphatic carboxylic acids is 2. The van der Waals surface area contributed by atoms with Crippen molar-refractivity contribution in [2.45, 2.75) is 24.9 Å². The van der Waals surface area contributed by atoms with Gasteiger partial charge >= 0.3 is 19.6 Å². The number of carboxylic acids is 2. The summed E-state index contributed by atoms with van der Waals surface area (Å²) in [5, 5.41) is 22.0. The second-order valence-electron chi connectivity index (χ2n) is 6.02. The highest BCUT2D eigenvalue weighted by molar-refractivity contribution is 7.99. The largest absolute Gasteiger partial charge is 0.480 e. The third kappa shape index (κ3) is 13.0. The van der Waals surface area contributed by atoms with Crippen LogP contribution in [-0.4, -0.2) is 92.6 Å². The molecule has 0 aliphatic carbocycles. The summed E-state index contributed by atoms with van der Waals surface area (Å²) < 4.78 is 12.7. The number of hydrogen-bond acceptors (Lipinski definition) is 7. The first-order valence-electron chi connectivity index (χ1n) is 8.66. The first-order valence-corrected chi connectivity index (χ1v) is 12.0. The van der Waals surface area contributed by atoms with Gasteiger partial charge in [-0.1, -0.05) is 0 Å². The average molecular weight is 492 g/mol. The minimum absolute atomic E-state index is 0.0250. The highest BCUT2D eigenvalue weighted by Gasteiger charge is 2.24. The lowest BCUT2D eigenvalue weighted by Gasteiger charge is -2.23. The van der Waals surface area contributed by atoms with Crippen molar-refractivity contribution < 1.29 is 38.8 Å². The zero-order chi connectivity index (χ0) is 23.3. The van der Waals surface area contributed by atoms with Crippen molar-refractivity contribution in [3.63, 3.8) is 0 Å². The lowest BCUT2D eigenvalue weighted by Crippen LogP contribution is -2.49. The fourth-order valence-electron chi connectivity index (χ4n) is 2.01.